The van der Waals surface area contributed by atoms with Crippen LogP contribution in [-0.2, 0) is 17.9 Å². The Bertz CT molecular complexity index is 855. The lowest BCUT2D eigenvalue weighted by Crippen LogP contribution is -2.29. The molecule has 2 amide bonds. The fraction of sp³-hybridized carbons (Fsp3) is 0.118. The van der Waals surface area contributed by atoms with Gasteiger partial charge in [-0.05, 0) is 29.8 Å². The van der Waals surface area contributed by atoms with E-state index in [4.69, 9.17) is 4.74 Å². The van der Waals surface area contributed by atoms with E-state index in [1.54, 1.807) is 24.3 Å². The Hall–Kier alpha value is -3.02. The third-order valence-corrected chi connectivity index (χ3v) is 4.08. The summed E-state index contributed by atoms with van der Waals surface area (Å²) in [6.45, 7) is -0.0734. The summed E-state index contributed by atoms with van der Waals surface area (Å²) in [5, 5.41) is 0. The number of fused-ring (bicyclic) bond motifs is 2. The number of hydrogen-bond acceptors (Lipinski definition) is 4. The number of carbonyl (C=O) groups excluding carboxylic acids is 3. The van der Waals surface area contributed by atoms with E-state index in [1.807, 2.05) is 0 Å². The van der Waals surface area contributed by atoms with Crippen LogP contribution >= 0.6 is 0 Å². The fourth-order valence-corrected chi connectivity index (χ4v) is 2.96. The van der Waals surface area contributed by atoms with Gasteiger partial charge in [0.25, 0.3) is 11.8 Å². The average Bonchev–Trinajstić information content (AvgIpc) is 3.02. The van der Waals surface area contributed by atoms with Gasteiger partial charge in [-0.15, -0.1) is 0 Å². The van der Waals surface area contributed by atoms with E-state index in [0.29, 0.717) is 22.3 Å². The van der Waals surface area contributed by atoms with Crippen LogP contribution in [0.4, 0.5) is 4.39 Å². The van der Waals surface area contributed by atoms with Gasteiger partial charge >= 0.3 is 5.97 Å². The van der Waals surface area contributed by atoms with Gasteiger partial charge in [0.2, 0.25) is 0 Å². The lowest BCUT2D eigenvalue weighted by Gasteiger charge is -2.15. The third-order valence-electron chi connectivity index (χ3n) is 4.08. The Balaban J connectivity index is 1.74. The zero-order valence-corrected chi connectivity index (χ0v) is 11.8. The Morgan fingerprint density at radius 2 is 1.65 bits per heavy atom. The molecule has 23 heavy (non-hydrogen) atoms. The van der Waals surface area contributed by atoms with E-state index in [-0.39, 0.29) is 18.7 Å². The van der Waals surface area contributed by atoms with Crippen molar-refractivity contribution in [2.75, 3.05) is 0 Å². The van der Waals surface area contributed by atoms with Crippen LogP contribution in [0.25, 0.3) is 0 Å². The smallest absolute Gasteiger partial charge is 0.338 e. The predicted octanol–water partition coefficient (Wildman–Crippen LogP) is 2.29. The highest BCUT2D eigenvalue weighted by Crippen LogP contribution is 2.29. The first kappa shape index (κ1) is 13.6. The second-order valence-electron chi connectivity index (χ2n) is 5.41. The zero-order chi connectivity index (χ0) is 16.1. The van der Waals surface area contributed by atoms with Crippen molar-refractivity contribution in [3.8, 4) is 0 Å². The highest BCUT2D eigenvalue weighted by Gasteiger charge is 2.36. The molecule has 2 heterocycles. The van der Waals surface area contributed by atoms with Crippen LogP contribution in [0, 0.1) is 5.82 Å². The molecule has 0 saturated carbocycles. The number of halogens is 1. The molecule has 2 aliphatic rings. The molecule has 0 atom stereocenters. The number of nitrogens with zero attached hydrogens (tertiary/aromatic N) is 1. The first-order chi connectivity index (χ1) is 11.1. The van der Waals surface area contributed by atoms with E-state index in [1.165, 1.54) is 6.07 Å². The molecule has 0 aromatic heterocycles. The first-order valence-electron chi connectivity index (χ1n) is 7.00. The highest BCUT2D eigenvalue weighted by atomic mass is 19.1. The number of hydrogen-bond donors (Lipinski definition) is 0. The number of esters is 1. The molecule has 2 aliphatic heterocycles. The summed E-state index contributed by atoms with van der Waals surface area (Å²) in [5.41, 5.74) is 1.74. The molecule has 0 bridgehead atoms. The maximum atomic E-state index is 13.7. The van der Waals surface area contributed by atoms with E-state index in [0.717, 1.165) is 11.0 Å². The first-order valence-corrected chi connectivity index (χ1v) is 7.00. The molecular formula is C17H10FNO4. The summed E-state index contributed by atoms with van der Waals surface area (Å²) < 4.78 is 18.6. The fourth-order valence-electron chi connectivity index (χ4n) is 2.96. The van der Waals surface area contributed by atoms with Crippen LogP contribution in [0.5, 0.6) is 0 Å². The zero-order valence-electron chi connectivity index (χ0n) is 11.8. The molecule has 0 saturated heterocycles. The van der Waals surface area contributed by atoms with Gasteiger partial charge in [0.1, 0.15) is 12.4 Å². The lowest BCUT2D eigenvalue weighted by molar-refractivity contribution is 0.0530. The minimum Gasteiger partial charge on any atom is -0.457 e. The number of carbonyl (C=O) groups is 3. The van der Waals surface area contributed by atoms with Gasteiger partial charge in [-0.1, -0.05) is 12.1 Å². The Labute approximate surface area is 130 Å². The number of rotatable bonds is 2. The number of cyclic esters (lactones) is 1. The predicted molar refractivity (Wildman–Crippen MR) is 76.2 cm³/mol. The van der Waals surface area contributed by atoms with Crippen molar-refractivity contribution in [2.45, 2.75) is 13.2 Å². The molecule has 2 aromatic carbocycles. The van der Waals surface area contributed by atoms with Crippen LogP contribution in [0.2, 0.25) is 0 Å². The van der Waals surface area contributed by atoms with E-state index in [9.17, 15) is 18.8 Å². The standard InChI is InChI=1S/C17H10FNO4/c18-10-5-9(14-8-23-17(22)13(14)6-10)7-19-15(20)11-3-1-2-4-12(11)16(19)21/h1-6H,7-8H2. The molecule has 6 heteroatoms. The molecule has 0 aliphatic carbocycles. The maximum absolute atomic E-state index is 13.7. The Kier molecular flexibility index (Phi) is 2.81. The third kappa shape index (κ3) is 1.95. The van der Waals surface area contributed by atoms with E-state index >= 15 is 0 Å². The minimum absolute atomic E-state index is 0.0208. The van der Waals surface area contributed by atoms with Crippen molar-refractivity contribution in [3.63, 3.8) is 0 Å². The summed E-state index contributed by atoms with van der Waals surface area (Å²) in [6.07, 6.45) is 0. The highest BCUT2D eigenvalue weighted by molar-refractivity contribution is 6.21. The summed E-state index contributed by atoms with van der Waals surface area (Å²) in [4.78, 5) is 37.4. The molecule has 0 fully saturated rings. The minimum atomic E-state index is -0.603. The summed E-state index contributed by atoms with van der Waals surface area (Å²) >= 11 is 0. The molecule has 0 radical (unpaired) electrons. The summed E-state index contributed by atoms with van der Waals surface area (Å²) in [5.74, 6) is -2.04. The summed E-state index contributed by atoms with van der Waals surface area (Å²) in [7, 11) is 0. The molecule has 5 nitrogen and oxygen atoms in total. The second-order valence-corrected chi connectivity index (χ2v) is 5.41. The van der Waals surface area contributed by atoms with Crippen molar-refractivity contribution in [2.24, 2.45) is 0 Å². The maximum Gasteiger partial charge on any atom is 0.338 e. The van der Waals surface area contributed by atoms with Crippen LogP contribution in [0.15, 0.2) is 36.4 Å². The van der Waals surface area contributed by atoms with Crippen molar-refractivity contribution >= 4 is 17.8 Å². The largest absolute Gasteiger partial charge is 0.457 e. The van der Waals surface area contributed by atoms with Gasteiger partial charge in [-0.3, -0.25) is 14.5 Å². The van der Waals surface area contributed by atoms with Gasteiger partial charge in [0.15, 0.2) is 0 Å². The number of amides is 2. The number of ether oxygens (including phenoxy) is 1. The number of imide groups is 1. The molecule has 0 N–H and O–H groups in total. The normalized spacial score (nSPS) is 15.7. The van der Waals surface area contributed by atoms with Crippen molar-refractivity contribution < 1.29 is 23.5 Å². The molecule has 4 rings (SSSR count). The SMILES string of the molecule is O=C1OCc2c(CN3C(=O)c4ccccc4C3=O)cc(F)cc21. The van der Waals surface area contributed by atoms with Crippen molar-refractivity contribution in [1.29, 1.82) is 0 Å². The number of benzene rings is 2. The quantitative estimate of drug-likeness (QED) is 0.630. The Morgan fingerprint density at radius 1 is 1.00 bits per heavy atom. The van der Waals surface area contributed by atoms with Crippen LogP contribution in [0.1, 0.15) is 42.2 Å². The second kappa shape index (κ2) is 4.74. The van der Waals surface area contributed by atoms with E-state index in [2.05, 4.69) is 0 Å². The topological polar surface area (TPSA) is 63.7 Å². The van der Waals surface area contributed by atoms with E-state index < -0.39 is 23.6 Å². The van der Waals surface area contributed by atoms with Gasteiger partial charge in [0.05, 0.1) is 23.2 Å². The average molecular weight is 311 g/mol. The van der Waals surface area contributed by atoms with Gasteiger partial charge in [-0.25, -0.2) is 9.18 Å². The van der Waals surface area contributed by atoms with Gasteiger partial charge in [-0.2, -0.15) is 0 Å². The molecule has 2 aromatic rings. The van der Waals surface area contributed by atoms with Crippen LogP contribution < -0.4 is 0 Å². The van der Waals surface area contributed by atoms with Crippen molar-refractivity contribution in [3.05, 3.63) is 70.0 Å². The Morgan fingerprint density at radius 3 is 2.30 bits per heavy atom. The van der Waals surface area contributed by atoms with Crippen molar-refractivity contribution in [1.82, 2.24) is 4.90 Å². The van der Waals surface area contributed by atoms with Crippen LogP contribution in [-0.4, -0.2) is 22.7 Å². The molecule has 0 spiro atoms. The molecule has 0 unspecified atom stereocenters. The summed E-state index contributed by atoms with van der Waals surface area (Å²) in [6, 6.07) is 8.86. The van der Waals surface area contributed by atoms with Gasteiger partial charge < -0.3 is 4.74 Å². The monoisotopic (exact) mass is 311 g/mol. The van der Waals surface area contributed by atoms with Gasteiger partial charge in [0, 0.05) is 5.56 Å². The van der Waals surface area contributed by atoms with Crippen LogP contribution in [0.3, 0.4) is 0 Å². The molecule has 114 valence electrons. The molecular weight excluding hydrogens is 301 g/mol. The lowest BCUT2D eigenvalue weighted by atomic mass is 10.0.